The lowest BCUT2D eigenvalue weighted by molar-refractivity contribution is 0.105. The van der Waals surface area contributed by atoms with Crippen molar-refractivity contribution in [2.75, 3.05) is 0 Å². The summed E-state index contributed by atoms with van der Waals surface area (Å²) in [7, 11) is 0. The summed E-state index contributed by atoms with van der Waals surface area (Å²) in [6.45, 7) is 0. The number of hydrogen-bond acceptors (Lipinski definition) is 5. The van der Waals surface area contributed by atoms with E-state index in [2.05, 4.69) is 9.59 Å². The monoisotopic (exact) mass is 332 g/mol. The van der Waals surface area contributed by atoms with Crippen LogP contribution in [0.25, 0.3) is 16.5 Å². The predicted molar refractivity (Wildman–Crippen MR) is 88.0 cm³/mol. The van der Waals surface area contributed by atoms with Crippen LogP contribution >= 0.6 is 34.5 Å². The number of thiophene rings is 1. The van der Waals surface area contributed by atoms with Gasteiger partial charge in [-0.05, 0) is 53.5 Å². The molecule has 0 radical (unpaired) electrons. The first-order valence-corrected chi connectivity index (χ1v) is 8.11. The molecular weight excluding hydrogens is 324 g/mol. The molecule has 3 aromatic rings. The minimum absolute atomic E-state index is 0.0341. The molecule has 0 aliphatic carbocycles. The highest BCUT2D eigenvalue weighted by Crippen LogP contribution is 2.29. The molecule has 0 saturated carbocycles. The first-order valence-electron chi connectivity index (χ1n) is 6.07. The van der Waals surface area contributed by atoms with Crippen LogP contribution in [0.4, 0.5) is 0 Å². The van der Waals surface area contributed by atoms with Crippen molar-refractivity contribution < 1.29 is 4.79 Å². The van der Waals surface area contributed by atoms with E-state index < -0.39 is 0 Å². The van der Waals surface area contributed by atoms with Crippen LogP contribution in [-0.4, -0.2) is 15.4 Å². The van der Waals surface area contributed by atoms with Crippen LogP contribution in [0.15, 0.2) is 47.9 Å². The number of carbonyl (C=O) groups is 1. The molecule has 21 heavy (non-hydrogen) atoms. The maximum absolute atomic E-state index is 12.1. The molecule has 2 aromatic heterocycles. The summed E-state index contributed by atoms with van der Waals surface area (Å²) in [5, 5.41) is 6.35. The third kappa shape index (κ3) is 3.44. The van der Waals surface area contributed by atoms with E-state index in [1.807, 2.05) is 36.4 Å². The number of carbonyl (C=O) groups excluding carboxylic acids is 1. The summed E-state index contributed by atoms with van der Waals surface area (Å²) in [5.74, 6) is -0.0341. The molecule has 3 nitrogen and oxygen atoms in total. The molecule has 0 amide bonds. The van der Waals surface area contributed by atoms with Crippen LogP contribution in [0.2, 0.25) is 5.02 Å². The SMILES string of the molecule is O=C(/C=C/c1csnn1)c1ccc(-c2ccc(Cl)cc2)s1. The Morgan fingerprint density at radius 3 is 2.67 bits per heavy atom. The predicted octanol–water partition coefficient (Wildman–Crippen LogP) is 4.82. The number of nitrogens with zero attached hydrogens (tertiary/aromatic N) is 2. The molecule has 1 aromatic carbocycles. The van der Waals surface area contributed by atoms with Crippen molar-refractivity contribution in [3.8, 4) is 10.4 Å². The molecule has 0 aliphatic rings. The second-order valence-corrected chi connectivity index (χ2v) is 6.33. The van der Waals surface area contributed by atoms with Gasteiger partial charge in [0.05, 0.1) is 10.6 Å². The van der Waals surface area contributed by atoms with Crippen LogP contribution in [-0.2, 0) is 0 Å². The fourth-order valence-corrected chi connectivity index (χ4v) is 3.21. The maximum atomic E-state index is 12.1. The molecule has 104 valence electrons. The van der Waals surface area contributed by atoms with Gasteiger partial charge in [-0.2, -0.15) is 0 Å². The highest BCUT2D eigenvalue weighted by Gasteiger charge is 2.08. The smallest absolute Gasteiger partial charge is 0.195 e. The molecule has 6 heteroatoms. The number of hydrogen-bond donors (Lipinski definition) is 0. The minimum Gasteiger partial charge on any atom is -0.288 e. The van der Waals surface area contributed by atoms with Gasteiger partial charge in [0.15, 0.2) is 5.78 Å². The number of ketones is 1. The molecule has 0 N–H and O–H groups in total. The third-order valence-electron chi connectivity index (χ3n) is 2.76. The van der Waals surface area contributed by atoms with E-state index in [4.69, 9.17) is 11.6 Å². The normalized spacial score (nSPS) is 11.1. The summed E-state index contributed by atoms with van der Waals surface area (Å²) >= 11 is 8.59. The summed E-state index contributed by atoms with van der Waals surface area (Å²) in [5.41, 5.74) is 1.75. The van der Waals surface area contributed by atoms with Crippen LogP contribution in [0.1, 0.15) is 15.4 Å². The van der Waals surface area contributed by atoms with Gasteiger partial charge in [0.25, 0.3) is 0 Å². The standard InChI is InChI=1S/C15H9ClN2OS2/c16-11-3-1-10(2-4-11)14-7-8-15(21-14)13(19)6-5-12-9-20-18-17-12/h1-9H/b6-5+. The molecule has 0 aliphatic heterocycles. The number of allylic oxidation sites excluding steroid dienone is 1. The fourth-order valence-electron chi connectivity index (χ4n) is 1.73. The Hall–Kier alpha value is -1.82. The van der Waals surface area contributed by atoms with E-state index in [0.29, 0.717) is 15.6 Å². The number of rotatable bonds is 4. The average molecular weight is 333 g/mol. The molecule has 0 atom stereocenters. The van der Waals surface area contributed by atoms with Gasteiger partial charge in [0.1, 0.15) is 0 Å². The first-order chi connectivity index (χ1) is 10.2. The van der Waals surface area contributed by atoms with E-state index in [1.54, 1.807) is 11.5 Å². The zero-order valence-corrected chi connectivity index (χ0v) is 13.1. The van der Waals surface area contributed by atoms with E-state index in [-0.39, 0.29) is 5.78 Å². The van der Waals surface area contributed by atoms with Crippen molar-refractivity contribution >= 4 is 46.3 Å². The largest absolute Gasteiger partial charge is 0.288 e. The summed E-state index contributed by atoms with van der Waals surface area (Å²) in [6.07, 6.45) is 3.20. The topological polar surface area (TPSA) is 42.9 Å². The Balaban J connectivity index is 1.78. The van der Waals surface area contributed by atoms with E-state index in [0.717, 1.165) is 10.4 Å². The van der Waals surface area contributed by atoms with Gasteiger partial charge >= 0.3 is 0 Å². The second kappa shape index (κ2) is 6.30. The summed E-state index contributed by atoms with van der Waals surface area (Å²) < 4.78 is 3.74. The van der Waals surface area contributed by atoms with Crippen molar-refractivity contribution in [3.63, 3.8) is 0 Å². The Bertz CT molecular complexity index is 776. The highest BCUT2D eigenvalue weighted by atomic mass is 35.5. The molecular formula is C15H9ClN2OS2. The second-order valence-electron chi connectivity index (χ2n) is 4.20. The van der Waals surface area contributed by atoms with Crippen LogP contribution in [0.5, 0.6) is 0 Å². The van der Waals surface area contributed by atoms with Crippen molar-refractivity contribution in [1.29, 1.82) is 0 Å². The van der Waals surface area contributed by atoms with Gasteiger partial charge in [-0.1, -0.05) is 28.2 Å². The van der Waals surface area contributed by atoms with Gasteiger partial charge in [0, 0.05) is 15.3 Å². The molecule has 0 bridgehead atoms. The quantitative estimate of drug-likeness (QED) is 0.508. The van der Waals surface area contributed by atoms with Gasteiger partial charge < -0.3 is 0 Å². The van der Waals surface area contributed by atoms with Crippen LogP contribution in [0.3, 0.4) is 0 Å². The number of halogens is 1. The Morgan fingerprint density at radius 1 is 1.14 bits per heavy atom. The van der Waals surface area contributed by atoms with Gasteiger partial charge in [0.2, 0.25) is 0 Å². The minimum atomic E-state index is -0.0341. The van der Waals surface area contributed by atoms with Gasteiger partial charge in [-0.3, -0.25) is 4.79 Å². The maximum Gasteiger partial charge on any atom is 0.195 e. The molecule has 0 spiro atoms. The van der Waals surface area contributed by atoms with E-state index in [9.17, 15) is 4.79 Å². The lowest BCUT2D eigenvalue weighted by Gasteiger charge is -1.96. The van der Waals surface area contributed by atoms with Crippen molar-refractivity contribution in [1.82, 2.24) is 9.59 Å². The Labute approximate surface area is 134 Å². The Morgan fingerprint density at radius 2 is 1.95 bits per heavy atom. The lowest BCUT2D eigenvalue weighted by Crippen LogP contribution is -1.88. The molecule has 0 saturated heterocycles. The summed E-state index contributed by atoms with van der Waals surface area (Å²) in [4.78, 5) is 13.8. The van der Waals surface area contributed by atoms with E-state index in [1.165, 1.54) is 28.9 Å². The third-order valence-corrected chi connectivity index (χ3v) is 4.68. The van der Waals surface area contributed by atoms with Crippen LogP contribution < -0.4 is 0 Å². The molecule has 0 unspecified atom stereocenters. The van der Waals surface area contributed by atoms with Gasteiger partial charge in [-0.15, -0.1) is 16.4 Å². The van der Waals surface area contributed by atoms with Crippen molar-refractivity contribution in [2.45, 2.75) is 0 Å². The fraction of sp³-hybridized carbons (Fsp3) is 0. The van der Waals surface area contributed by atoms with Crippen molar-refractivity contribution in [2.24, 2.45) is 0 Å². The highest BCUT2D eigenvalue weighted by molar-refractivity contribution is 7.17. The average Bonchev–Trinajstić information content (AvgIpc) is 3.17. The zero-order valence-electron chi connectivity index (χ0n) is 10.7. The molecule has 2 heterocycles. The Kier molecular flexibility index (Phi) is 4.24. The van der Waals surface area contributed by atoms with Gasteiger partial charge in [-0.25, -0.2) is 0 Å². The lowest BCUT2D eigenvalue weighted by atomic mass is 10.2. The number of aromatic nitrogens is 2. The number of benzene rings is 1. The molecule has 3 rings (SSSR count). The van der Waals surface area contributed by atoms with Crippen molar-refractivity contribution in [3.05, 3.63) is 63.4 Å². The van der Waals surface area contributed by atoms with E-state index >= 15 is 0 Å². The summed E-state index contributed by atoms with van der Waals surface area (Å²) in [6, 6.07) is 11.3. The first kappa shape index (κ1) is 14.1. The van der Waals surface area contributed by atoms with Crippen LogP contribution in [0, 0.1) is 0 Å². The molecule has 0 fully saturated rings. The zero-order chi connectivity index (χ0) is 14.7.